The van der Waals surface area contributed by atoms with Crippen molar-refractivity contribution >= 4 is 12.6 Å². The van der Waals surface area contributed by atoms with Gasteiger partial charge >= 0.3 is 6.18 Å². The molecule has 0 unspecified atom stereocenters. The minimum absolute atomic E-state index is 0.200. The number of halogens is 3. The fraction of sp³-hybridized carbons (Fsp3) is 1.00. The minimum atomic E-state index is -4.19. The molecule has 0 amide bonds. The summed E-state index contributed by atoms with van der Waals surface area (Å²) in [6.45, 7) is -0.925. The first kappa shape index (κ1) is 13.1. The van der Waals surface area contributed by atoms with Crippen LogP contribution in [0.15, 0.2) is 0 Å². The summed E-state index contributed by atoms with van der Waals surface area (Å²) in [4.78, 5) is 0. The largest absolute Gasteiger partial charge is 0.411 e. The Balaban J connectivity index is 3.00. The van der Waals surface area contributed by atoms with E-state index >= 15 is 0 Å². The third-order valence-electron chi connectivity index (χ3n) is 1.46. The maximum atomic E-state index is 11.6. The summed E-state index contributed by atoms with van der Waals surface area (Å²) >= 11 is 4.02. The second kappa shape index (κ2) is 7.50. The minimum Gasteiger partial charge on any atom is -0.372 e. The summed E-state index contributed by atoms with van der Waals surface area (Å²) in [5.74, 6) is 0.837. The highest BCUT2D eigenvalue weighted by molar-refractivity contribution is 7.80. The van der Waals surface area contributed by atoms with Crippen LogP contribution in [0.1, 0.15) is 25.7 Å². The van der Waals surface area contributed by atoms with Gasteiger partial charge in [-0.25, -0.2) is 0 Å². The van der Waals surface area contributed by atoms with Gasteiger partial charge in [-0.05, 0) is 18.6 Å². The monoisotopic (exact) mass is 216 g/mol. The molecule has 1 nitrogen and oxygen atoms in total. The van der Waals surface area contributed by atoms with Crippen LogP contribution in [0.25, 0.3) is 0 Å². The smallest absolute Gasteiger partial charge is 0.372 e. The molecule has 0 aliphatic rings. The molecule has 0 spiro atoms. The Morgan fingerprint density at radius 1 is 1.00 bits per heavy atom. The summed E-state index contributed by atoms with van der Waals surface area (Å²) < 4.78 is 39.1. The number of hydrogen-bond donors (Lipinski definition) is 1. The Morgan fingerprint density at radius 2 is 1.62 bits per heavy atom. The molecule has 0 N–H and O–H groups in total. The lowest BCUT2D eigenvalue weighted by molar-refractivity contribution is -0.174. The molecule has 5 heteroatoms. The molecule has 0 aliphatic heterocycles. The predicted octanol–water partition coefficient (Wildman–Crippen LogP) is 3.06. The van der Waals surface area contributed by atoms with E-state index in [2.05, 4.69) is 17.4 Å². The normalized spacial score (nSPS) is 12.0. The third kappa shape index (κ3) is 12.1. The lowest BCUT2D eigenvalue weighted by atomic mass is 10.2. The Labute approximate surface area is 82.1 Å². The van der Waals surface area contributed by atoms with Crippen molar-refractivity contribution in [2.75, 3.05) is 19.0 Å². The number of thiol groups is 1. The predicted molar refractivity (Wildman–Crippen MR) is 49.2 cm³/mol. The molecular formula is C8H15F3OS. The van der Waals surface area contributed by atoms with E-state index in [9.17, 15) is 13.2 Å². The standard InChI is InChI=1S/C8H15F3OS/c9-8(10,11)7-12-5-3-1-2-4-6-13/h13H,1-7H2. The van der Waals surface area contributed by atoms with Crippen LogP contribution in [0.3, 0.4) is 0 Å². The molecule has 0 aromatic heterocycles. The summed E-state index contributed by atoms with van der Waals surface area (Å²) in [6.07, 6.45) is -0.547. The fourth-order valence-corrected chi connectivity index (χ4v) is 1.08. The molecule has 0 saturated carbocycles. The highest BCUT2D eigenvalue weighted by atomic mass is 32.1. The first-order valence-electron chi connectivity index (χ1n) is 4.31. The number of ether oxygens (including phenoxy) is 1. The maximum Gasteiger partial charge on any atom is 0.411 e. The topological polar surface area (TPSA) is 9.23 Å². The van der Waals surface area contributed by atoms with E-state index in [-0.39, 0.29) is 6.61 Å². The van der Waals surface area contributed by atoms with Gasteiger partial charge in [0.05, 0.1) is 0 Å². The lowest BCUT2D eigenvalue weighted by Gasteiger charge is -2.06. The van der Waals surface area contributed by atoms with E-state index in [1.54, 1.807) is 0 Å². The molecule has 0 aromatic rings. The Bertz CT molecular complexity index is 116. The van der Waals surface area contributed by atoms with Crippen molar-refractivity contribution < 1.29 is 17.9 Å². The van der Waals surface area contributed by atoms with Gasteiger partial charge in [-0.15, -0.1) is 0 Å². The SMILES string of the molecule is FC(F)(F)COCCCCCCS. The third-order valence-corrected chi connectivity index (χ3v) is 1.78. The van der Waals surface area contributed by atoms with Gasteiger partial charge in [0.15, 0.2) is 0 Å². The molecule has 0 heterocycles. The van der Waals surface area contributed by atoms with Crippen molar-refractivity contribution in [1.29, 1.82) is 0 Å². The van der Waals surface area contributed by atoms with E-state index in [0.29, 0.717) is 6.42 Å². The fourth-order valence-electron chi connectivity index (χ4n) is 0.857. The van der Waals surface area contributed by atoms with Crippen LogP contribution in [0.4, 0.5) is 13.2 Å². The Morgan fingerprint density at radius 3 is 2.15 bits per heavy atom. The van der Waals surface area contributed by atoms with Crippen LogP contribution in [0, 0.1) is 0 Å². The highest BCUT2D eigenvalue weighted by Crippen LogP contribution is 2.14. The molecule has 0 rings (SSSR count). The van der Waals surface area contributed by atoms with Gasteiger partial charge in [0.1, 0.15) is 6.61 Å². The molecule has 0 saturated heterocycles. The van der Waals surface area contributed by atoms with Crippen molar-refractivity contribution in [3.05, 3.63) is 0 Å². The van der Waals surface area contributed by atoms with Gasteiger partial charge in [0, 0.05) is 6.61 Å². The molecule has 80 valence electrons. The Kier molecular flexibility index (Phi) is 7.56. The zero-order valence-corrected chi connectivity index (χ0v) is 8.33. The molecule has 0 atom stereocenters. The highest BCUT2D eigenvalue weighted by Gasteiger charge is 2.26. The molecule has 0 fully saturated rings. The van der Waals surface area contributed by atoms with E-state index in [1.807, 2.05) is 0 Å². The van der Waals surface area contributed by atoms with Gasteiger partial charge in [0.2, 0.25) is 0 Å². The number of hydrogen-bond acceptors (Lipinski definition) is 2. The van der Waals surface area contributed by atoms with Crippen LogP contribution in [0.2, 0.25) is 0 Å². The van der Waals surface area contributed by atoms with Gasteiger partial charge in [-0.3, -0.25) is 0 Å². The lowest BCUT2D eigenvalue weighted by Crippen LogP contribution is -2.17. The zero-order valence-electron chi connectivity index (χ0n) is 7.44. The molecule has 0 aliphatic carbocycles. The van der Waals surface area contributed by atoms with Gasteiger partial charge < -0.3 is 4.74 Å². The van der Waals surface area contributed by atoms with Gasteiger partial charge in [-0.2, -0.15) is 25.8 Å². The van der Waals surface area contributed by atoms with Crippen molar-refractivity contribution in [2.24, 2.45) is 0 Å². The van der Waals surface area contributed by atoms with Crippen LogP contribution < -0.4 is 0 Å². The average molecular weight is 216 g/mol. The van der Waals surface area contributed by atoms with Crippen LogP contribution in [0.5, 0.6) is 0 Å². The summed E-state index contributed by atoms with van der Waals surface area (Å²) in [7, 11) is 0. The average Bonchev–Trinajstić information content (AvgIpc) is 2.01. The number of alkyl halides is 3. The van der Waals surface area contributed by atoms with Gasteiger partial charge in [-0.1, -0.05) is 12.8 Å². The van der Waals surface area contributed by atoms with Crippen molar-refractivity contribution in [3.8, 4) is 0 Å². The van der Waals surface area contributed by atoms with E-state index in [4.69, 9.17) is 0 Å². The van der Waals surface area contributed by atoms with E-state index < -0.39 is 12.8 Å². The van der Waals surface area contributed by atoms with Crippen LogP contribution in [-0.2, 0) is 4.74 Å². The molecule has 13 heavy (non-hydrogen) atoms. The number of rotatable bonds is 7. The van der Waals surface area contributed by atoms with Gasteiger partial charge in [0.25, 0.3) is 0 Å². The quantitative estimate of drug-likeness (QED) is 0.508. The Hall–Kier alpha value is 0.100. The maximum absolute atomic E-state index is 11.6. The zero-order chi connectivity index (χ0) is 10.2. The summed E-state index contributed by atoms with van der Waals surface area (Å²) in [5.41, 5.74) is 0. The van der Waals surface area contributed by atoms with Crippen molar-refractivity contribution in [2.45, 2.75) is 31.9 Å². The van der Waals surface area contributed by atoms with Crippen LogP contribution >= 0.6 is 12.6 Å². The second-order valence-corrected chi connectivity index (χ2v) is 3.25. The van der Waals surface area contributed by atoms with Crippen LogP contribution in [-0.4, -0.2) is 25.1 Å². The van der Waals surface area contributed by atoms with E-state index in [1.165, 1.54) is 0 Å². The van der Waals surface area contributed by atoms with E-state index in [0.717, 1.165) is 25.0 Å². The van der Waals surface area contributed by atoms with Crippen molar-refractivity contribution in [3.63, 3.8) is 0 Å². The molecule has 0 radical (unpaired) electrons. The summed E-state index contributed by atoms with van der Waals surface area (Å²) in [6, 6.07) is 0. The van der Waals surface area contributed by atoms with Crippen molar-refractivity contribution in [1.82, 2.24) is 0 Å². The molecule has 0 aromatic carbocycles. The molecule has 0 bridgehead atoms. The second-order valence-electron chi connectivity index (χ2n) is 2.81. The molecular weight excluding hydrogens is 201 g/mol. The summed E-state index contributed by atoms with van der Waals surface area (Å²) in [5, 5.41) is 0. The first-order valence-corrected chi connectivity index (χ1v) is 4.95. The number of unbranched alkanes of at least 4 members (excludes halogenated alkanes) is 3. The first-order chi connectivity index (χ1) is 6.06.